The number of methoxy groups -OCH3 is 1. The second-order valence-corrected chi connectivity index (χ2v) is 3.57. The van der Waals surface area contributed by atoms with Crippen LogP contribution in [0.4, 0.5) is 0 Å². The highest BCUT2D eigenvalue weighted by Gasteiger charge is 2.08. The fourth-order valence-corrected chi connectivity index (χ4v) is 1.29. The monoisotopic (exact) mass is 204 g/mol. The maximum absolute atomic E-state index is 8.77. The molecule has 0 unspecified atom stereocenters. The van der Waals surface area contributed by atoms with Gasteiger partial charge in [0.1, 0.15) is 5.75 Å². The third kappa shape index (κ3) is 3.26. The molecule has 1 aromatic carbocycles. The largest absolute Gasteiger partial charge is 0.497 e. The predicted molar refractivity (Wildman–Crippen MR) is 59.5 cm³/mol. The molecule has 0 aliphatic heterocycles. The summed E-state index contributed by atoms with van der Waals surface area (Å²) in [5.74, 6) is 0.852. The second-order valence-electron chi connectivity index (χ2n) is 3.57. The van der Waals surface area contributed by atoms with Gasteiger partial charge in [0.25, 0.3) is 0 Å². The maximum Gasteiger partial charge on any atom is 0.119 e. The van der Waals surface area contributed by atoms with Crippen molar-refractivity contribution in [2.75, 3.05) is 14.2 Å². The molecule has 0 N–H and O–H groups in total. The van der Waals surface area contributed by atoms with Crippen LogP contribution >= 0.6 is 0 Å². The summed E-state index contributed by atoms with van der Waals surface area (Å²) >= 11 is 0. The smallest absolute Gasteiger partial charge is 0.119 e. The first kappa shape index (κ1) is 11.5. The zero-order chi connectivity index (χ0) is 11.3. The van der Waals surface area contributed by atoms with E-state index < -0.39 is 0 Å². The van der Waals surface area contributed by atoms with Gasteiger partial charge in [-0.25, -0.2) is 0 Å². The minimum Gasteiger partial charge on any atom is -0.497 e. The van der Waals surface area contributed by atoms with E-state index in [0.717, 1.165) is 17.9 Å². The van der Waals surface area contributed by atoms with Gasteiger partial charge in [-0.1, -0.05) is 12.1 Å². The molecule has 0 amide bonds. The third-order valence-electron chi connectivity index (χ3n) is 2.41. The molecule has 3 heteroatoms. The zero-order valence-electron chi connectivity index (χ0n) is 9.40. The van der Waals surface area contributed by atoms with E-state index in [2.05, 4.69) is 6.07 Å². The minimum atomic E-state index is -0.0730. The highest BCUT2D eigenvalue weighted by atomic mass is 16.5. The van der Waals surface area contributed by atoms with Gasteiger partial charge in [0.2, 0.25) is 0 Å². The summed E-state index contributed by atoms with van der Waals surface area (Å²) in [5, 5.41) is 8.77. The van der Waals surface area contributed by atoms with Crippen molar-refractivity contribution >= 4 is 0 Å². The number of ether oxygens (including phenoxy) is 1. The molecule has 0 saturated heterocycles. The molecule has 0 spiro atoms. The lowest BCUT2D eigenvalue weighted by Crippen LogP contribution is -2.26. The molecule has 0 heterocycles. The fraction of sp³-hybridized carbons (Fsp3) is 0.417. The molecule has 0 bridgehead atoms. The van der Waals surface area contributed by atoms with E-state index >= 15 is 0 Å². The van der Waals surface area contributed by atoms with Crippen LogP contribution in [0, 0.1) is 11.3 Å². The quantitative estimate of drug-likeness (QED) is 0.753. The third-order valence-corrected chi connectivity index (χ3v) is 2.41. The highest BCUT2D eigenvalue weighted by molar-refractivity contribution is 5.28. The van der Waals surface area contributed by atoms with Crippen LogP contribution in [-0.2, 0) is 6.54 Å². The fourth-order valence-electron chi connectivity index (χ4n) is 1.29. The zero-order valence-corrected chi connectivity index (χ0v) is 9.40. The van der Waals surface area contributed by atoms with Gasteiger partial charge < -0.3 is 4.74 Å². The normalized spacial score (nSPS) is 12.2. The van der Waals surface area contributed by atoms with Gasteiger partial charge in [0.05, 0.1) is 19.2 Å². The number of nitrogens with zero attached hydrogens (tertiary/aromatic N) is 2. The molecule has 1 atom stereocenters. The second kappa shape index (κ2) is 5.38. The summed E-state index contributed by atoms with van der Waals surface area (Å²) in [7, 11) is 3.59. The number of benzene rings is 1. The van der Waals surface area contributed by atoms with Crippen LogP contribution < -0.4 is 4.74 Å². The molecule has 3 nitrogen and oxygen atoms in total. The number of nitriles is 1. The Morgan fingerprint density at radius 1 is 1.53 bits per heavy atom. The molecule has 80 valence electrons. The number of hydrogen-bond acceptors (Lipinski definition) is 3. The summed E-state index contributed by atoms with van der Waals surface area (Å²) in [5.41, 5.74) is 1.15. The summed E-state index contributed by atoms with van der Waals surface area (Å²) in [4.78, 5) is 1.99. The van der Waals surface area contributed by atoms with Gasteiger partial charge in [-0.3, -0.25) is 4.90 Å². The van der Waals surface area contributed by atoms with E-state index in [1.165, 1.54) is 0 Å². The SMILES string of the molecule is COc1cccc(CN(C)[C@H](C)C#N)c1. The molecular weight excluding hydrogens is 188 g/mol. The van der Waals surface area contributed by atoms with Gasteiger partial charge in [0.15, 0.2) is 0 Å². The van der Waals surface area contributed by atoms with E-state index in [9.17, 15) is 0 Å². The predicted octanol–water partition coefficient (Wildman–Crippen LogP) is 2.04. The Morgan fingerprint density at radius 2 is 2.27 bits per heavy atom. The summed E-state index contributed by atoms with van der Waals surface area (Å²) in [6.07, 6.45) is 0. The van der Waals surface area contributed by atoms with E-state index in [1.54, 1.807) is 7.11 Å². The molecule has 0 aliphatic rings. The van der Waals surface area contributed by atoms with Crippen molar-refractivity contribution in [3.05, 3.63) is 29.8 Å². The Hall–Kier alpha value is -1.53. The van der Waals surface area contributed by atoms with E-state index in [1.807, 2.05) is 43.1 Å². The molecule has 0 saturated carbocycles. The van der Waals surface area contributed by atoms with Crippen LogP contribution in [0.3, 0.4) is 0 Å². The van der Waals surface area contributed by atoms with Crippen LogP contribution in [0.2, 0.25) is 0 Å². The number of rotatable bonds is 4. The summed E-state index contributed by atoms with van der Waals surface area (Å²) < 4.78 is 5.14. The Kier molecular flexibility index (Phi) is 4.14. The van der Waals surface area contributed by atoms with E-state index in [4.69, 9.17) is 10.00 Å². The van der Waals surface area contributed by atoms with Gasteiger partial charge in [-0.2, -0.15) is 5.26 Å². The van der Waals surface area contributed by atoms with E-state index in [-0.39, 0.29) is 6.04 Å². The molecular formula is C12H16N2O. The molecule has 15 heavy (non-hydrogen) atoms. The Balaban J connectivity index is 2.68. The van der Waals surface area contributed by atoms with Crippen LogP contribution in [0.1, 0.15) is 12.5 Å². The highest BCUT2D eigenvalue weighted by Crippen LogP contribution is 2.14. The van der Waals surface area contributed by atoms with Crippen molar-refractivity contribution in [2.24, 2.45) is 0 Å². The van der Waals surface area contributed by atoms with Crippen molar-refractivity contribution in [1.29, 1.82) is 5.26 Å². The van der Waals surface area contributed by atoms with Crippen LogP contribution in [-0.4, -0.2) is 25.1 Å². The first-order chi connectivity index (χ1) is 7.17. The first-order valence-corrected chi connectivity index (χ1v) is 4.90. The van der Waals surface area contributed by atoms with Crippen molar-refractivity contribution in [1.82, 2.24) is 4.90 Å². The van der Waals surface area contributed by atoms with Crippen molar-refractivity contribution in [2.45, 2.75) is 19.5 Å². The van der Waals surface area contributed by atoms with Crippen LogP contribution in [0.15, 0.2) is 24.3 Å². The lowest BCUT2D eigenvalue weighted by molar-refractivity contribution is 0.294. The molecule has 0 aromatic heterocycles. The summed E-state index contributed by atoms with van der Waals surface area (Å²) in [6.45, 7) is 2.64. The van der Waals surface area contributed by atoms with Gasteiger partial charge in [-0.05, 0) is 31.7 Å². The van der Waals surface area contributed by atoms with Gasteiger partial charge >= 0.3 is 0 Å². The first-order valence-electron chi connectivity index (χ1n) is 4.90. The van der Waals surface area contributed by atoms with Crippen molar-refractivity contribution in [3.8, 4) is 11.8 Å². The minimum absolute atomic E-state index is 0.0730. The average Bonchev–Trinajstić information content (AvgIpc) is 2.28. The lowest BCUT2D eigenvalue weighted by atomic mass is 10.2. The topological polar surface area (TPSA) is 36.3 Å². The Labute approximate surface area is 90.9 Å². The summed E-state index contributed by atoms with van der Waals surface area (Å²) in [6, 6.07) is 10.0. The molecule has 0 radical (unpaired) electrons. The van der Waals surface area contributed by atoms with Crippen LogP contribution in [0.5, 0.6) is 5.75 Å². The van der Waals surface area contributed by atoms with Gasteiger partial charge in [0, 0.05) is 6.54 Å². The van der Waals surface area contributed by atoms with Crippen molar-refractivity contribution < 1.29 is 4.74 Å². The molecule has 1 rings (SSSR count). The Morgan fingerprint density at radius 3 is 2.87 bits per heavy atom. The average molecular weight is 204 g/mol. The van der Waals surface area contributed by atoms with E-state index in [0.29, 0.717) is 0 Å². The maximum atomic E-state index is 8.77. The lowest BCUT2D eigenvalue weighted by Gasteiger charge is -2.18. The molecule has 0 fully saturated rings. The molecule has 0 aliphatic carbocycles. The van der Waals surface area contributed by atoms with Gasteiger partial charge in [-0.15, -0.1) is 0 Å². The standard InChI is InChI=1S/C12H16N2O/c1-10(8-13)14(2)9-11-5-4-6-12(7-11)15-3/h4-7,10H,9H2,1-3H3/t10-/m1/s1. The van der Waals surface area contributed by atoms with Crippen molar-refractivity contribution in [3.63, 3.8) is 0 Å². The van der Waals surface area contributed by atoms with Crippen LogP contribution in [0.25, 0.3) is 0 Å². The molecule has 1 aromatic rings. The Bertz CT molecular complexity index is 357. The number of hydrogen-bond donors (Lipinski definition) is 0.